The number of aromatic nitrogens is 3. The van der Waals surface area contributed by atoms with E-state index < -0.39 is 11.7 Å². The molecule has 0 spiro atoms. The molecule has 2 aliphatic carbocycles. The predicted octanol–water partition coefficient (Wildman–Crippen LogP) is 6.31. The van der Waals surface area contributed by atoms with Crippen LogP contribution in [0.25, 0.3) is 10.9 Å². The summed E-state index contributed by atoms with van der Waals surface area (Å²) >= 11 is 0. The molecule has 8 nitrogen and oxygen atoms in total. The van der Waals surface area contributed by atoms with Gasteiger partial charge in [0.05, 0.1) is 23.6 Å². The molecule has 38 heavy (non-hydrogen) atoms. The second-order valence-corrected chi connectivity index (χ2v) is 11.7. The summed E-state index contributed by atoms with van der Waals surface area (Å²) in [6.45, 7) is 7.30. The van der Waals surface area contributed by atoms with Gasteiger partial charge < -0.3 is 10.1 Å². The van der Waals surface area contributed by atoms with Crippen LogP contribution in [0.15, 0.2) is 42.9 Å². The zero-order chi connectivity index (χ0) is 27.0. The maximum Gasteiger partial charge on any atom is 0.414 e. The van der Waals surface area contributed by atoms with E-state index in [1.165, 1.54) is 24.0 Å². The van der Waals surface area contributed by atoms with Crippen molar-refractivity contribution in [3.05, 3.63) is 54.2 Å². The molecule has 0 saturated heterocycles. The Morgan fingerprint density at radius 1 is 1.00 bits per heavy atom. The van der Waals surface area contributed by atoms with Gasteiger partial charge in [-0.2, -0.15) is 0 Å². The van der Waals surface area contributed by atoms with Gasteiger partial charge in [-0.1, -0.05) is 6.92 Å². The van der Waals surface area contributed by atoms with Crippen molar-refractivity contribution in [3.63, 3.8) is 0 Å². The molecular weight excluding hydrogens is 485 g/mol. The van der Waals surface area contributed by atoms with Crippen molar-refractivity contribution >= 4 is 34.5 Å². The van der Waals surface area contributed by atoms with E-state index in [1.807, 2.05) is 19.2 Å². The molecule has 2 saturated carbocycles. The number of fused-ring (bicyclic) bond motifs is 2. The quantitative estimate of drug-likeness (QED) is 0.409. The Bertz CT molecular complexity index is 1330. The maximum atomic E-state index is 13.9. The van der Waals surface area contributed by atoms with E-state index in [-0.39, 0.29) is 23.6 Å². The zero-order valence-electron chi connectivity index (χ0n) is 22.2. The average Bonchev–Trinajstić information content (AvgIpc) is 3.42. The molecule has 2 aromatic heterocycles. The number of ether oxygens (including phenoxy) is 1. The fourth-order valence-corrected chi connectivity index (χ4v) is 6.14. The van der Waals surface area contributed by atoms with Gasteiger partial charge in [-0.05, 0) is 100.0 Å². The summed E-state index contributed by atoms with van der Waals surface area (Å²) < 4.78 is 19.1. The molecule has 200 valence electrons. The number of amides is 2. The highest BCUT2D eigenvalue weighted by Crippen LogP contribution is 2.54. The van der Waals surface area contributed by atoms with Crippen molar-refractivity contribution in [3.8, 4) is 0 Å². The smallest absolute Gasteiger partial charge is 0.414 e. The van der Waals surface area contributed by atoms with Crippen LogP contribution >= 0.6 is 0 Å². The van der Waals surface area contributed by atoms with Crippen LogP contribution in [0.4, 0.5) is 20.8 Å². The molecule has 0 radical (unpaired) electrons. The fourth-order valence-electron chi connectivity index (χ4n) is 6.14. The lowest BCUT2D eigenvalue weighted by Crippen LogP contribution is -2.28. The molecule has 0 bridgehead atoms. The first-order chi connectivity index (χ1) is 18.1. The normalized spacial score (nSPS) is 23.6. The number of rotatable bonds is 5. The van der Waals surface area contributed by atoms with Crippen LogP contribution in [0.5, 0.6) is 0 Å². The molecular formula is C29H34FN5O3. The molecule has 1 aromatic carbocycles. The molecule has 2 aliphatic rings. The van der Waals surface area contributed by atoms with Gasteiger partial charge in [0.25, 0.3) is 0 Å². The summed E-state index contributed by atoms with van der Waals surface area (Å²) in [7, 11) is 0. The van der Waals surface area contributed by atoms with Crippen LogP contribution in [0.3, 0.4) is 0 Å². The number of pyridine rings is 1. The first-order valence-electron chi connectivity index (χ1n) is 13.2. The number of carbonyl (C=O) groups is 2. The molecule has 2 fully saturated rings. The summed E-state index contributed by atoms with van der Waals surface area (Å²) in [5, 5.41) is 6.30. The second-order valence-electron chi connectivity index (χ2n) is 11.7. The van der Waals surface area contributed by atoms with Gasteiger partial charge in [-0.3, -0.25) is 15.1 Å². The van der Waals surface area contributed by atoms with Gasteiger partial charge in [0.1, 0.15) is 11.4 Å². The summed E-state index contributed by atoms with van der Waals surface area (Å²) in [6, 6.07) is 6.85. The molecule has 2 N–H and O–H groups in total. The number of benzene rings is 1. The van der Waals surface area contributed by atoms with Gasteiger partial charge in [-0.15, -0.1) is 0 Å². The number of hydrogen-bond donors (Lipinski definition) is 2. The minimum absolute atomic E-state index is 0.0569. The number of nitrogens with zero attached hydrogens (tertiary/aromatic N) is 3. The highest BCUT2D eigenvalue weighted by atomic mass is 19.1. The Hall–Kier alpha value is -3.62. The lowest BCUT2D eigenvalue weighted by molar-refractivity contribution is -0.120. The number of nitrogens with one attached hydrogen (secondary N) is 2. The molecule has 9 heteroatoms. The van der Waals surface area contributed by atoms with Crippen molar-refractivity contribution < 1.29 is 18.7 Å². The molecule has 2 amide bonds. The highest BCUT2D eigenvalue weighted by molar-refractivity contribution is 5.92. The Kier molecular flexibility index (Phi) is 7.03. The first-order valence-corrected chi connectivity index (χ1v) is 13.2. The Morgan fingerprint density at radius 3 is 2.34 bits per heavy atom. The van der Waals surface area contributed by atoms with Gasteiger partial charge in [0.2, 0.25) is 11.9 Å². The summed E-state index contributed by atoms with van der Waals surface area (Å²) in [6.07, 6.45) is 8.28. The van der Waals surface area contributed by atoms with Gasteiger partial charge in [-0.25, -0.2) is 19.2 Å². The molecule has 2 heterocycles. The second kappa shape index (κ2) is 10.3. The van der Waals surface area contributed by atoms with Crippen molar-refractivity contribution in [1.82, 2.24) is 15.0 Å². The van der Waals surface area contributed by atoms with Gasteiger partial charge in [0, 0.05) is 17.5 Å². The third kappa shape index (κ3) is 5.76. The summed E-state index contributed by atoms with van der Waals surface area (Å²) in [5.41, 5.74) is 1.88. The highest BCUT2D eigenvalue weighted by Gasteiger charge is 2.44. The topological polar surface area (TPSA) is 106 Å². The molecule has 3 aromatic rings. The number of hydrogen-bond acceptors (Lipinski definition) is 6. The van der Waals surface area contributed by atoms with Crippen molar-refractivity contribution in [2.45, 2.75) is 64.9 Å². The predicted molar refractivity (Wildman–Crippen MR) is 143 cm³/mol. The van der Waals surface area contributed by atoms with E-state index in [2.05, 4.69) is 25.6 Å². The van der Waals surface area contributed by atoms with Crippen molar-refractivity contribution in [2.75, 3.05) is 10.6 Å². The van der Waals surface area contributed by atoms with Crippen LogP contribution in [0, 0.1) is 29.5 Å². The van der Waals surface area contributed by atoms with Crippen LogP contribution < -0.4 is 10.6 Å². The van der Waals surface area contributed by atoms with E-state index in [9.17, 15) is 14.0 Å². The zero-order valence-corrected chi connectivity index (χ0v) is 22.2. The van der Waals surface area contributed by atoms with E-state index >= 15 is 0 Å². The van der Waals surface area contributed by atoms with Crippen molar-refractivity contribution in [2.24, 2.45) is 23.7 Å². The number of carbonyl (C=O) groups excluding carboxylic acids is 2. The minimum atomic E-state index is -0.638. The SMILES string of the molecule is CC(C(=O)Nc1cnc(NC(=O)OC(C)(C)C)nc1)[C@H]1C[C@H]2C[C@@H](c3ccnc4ccc(F)cc34)C[C@H]2C1. The summed E-state index contributed by atoms with van der Waals surface area (Å²) in [5.74, 6) is 1.52. The average molecular weight is 520 g/mol. The van der Waals surface area contributed by atoms with Crippen molar-refractivity contribution in [1.29, 1.82) is 0 Å². The number of anilines is 2. The van der Waals surface area contributed by atoms with Gasteiger partial charge >= 0.3 is 6.09 Å². The molecule has 5 atom stereocenters. The monoisotopic (exact) mass is 519 g/mol. The lowest BCUT2D eigenvalue weighted by Gasteiger charge is -2.21. The number of halogens is 1. The molecule has 1 unspecified atom stereocenters. The Morgan fingerprint density at radius 2 is 1.68 bits per heavy atom. The van der Waals surface area contributed by atoms with E-state index in [4.69, 9.17) is 4.74 Å². The van der Waals surface area contributed by atoms with Crippen LogP contribution in [-0.2, 0) is 9.53 Å². The van der Waals surface area contributed by atoms with Crippen LogP contribution in [0.1, 0.15) is 64.9 Å². The fraction of sp³-hybridized carbons (Fsp3) is 0.483. The van der Waals surface area contributed by atoms with E-state index in [1.54, 1.807) is 32.9 Å². The van der Waals surface area contributed by atoms with E-state index in [0.29, 0.717) is 29.4 Å². The lowest BCUT2D eigenvalue weighted by atomic mass is 9.86. The van der Waals surface area contributed by atoms with E-state index in [0.717, 1.165) is 36.6 Å². The standard InChI is InChI=1S/C29H34FN5O3/c1-16(26(36)34-22-14-32-27(33-15-22)35-28(37)38-29(2,3)4)17-9-18-11-20(12-19(18)10-17)23-7-8-31-25-6-5-21(30)13-24(23)25/h5-8,13-20H,9-12H2,1-4H3,(H,34,36)(H,32,33,35,37)/t16?,17-,18-,19+,20+. The largest absolute Gasteiger partial charge is 0.444 e. The summed E-state index contributed by atoms with van der Waals surface area (Å²) in [4.78, 5) is 37.5. The van der Waals surface area contributed by atoms with Gasteiger partial charge in [0.15, 0.2) is 0 Å². The minimum Gasteiger partial charge on any atom is -0.444 e. The Labute approximate surface area is 221 Å². The van der Waals surface area contributed by atoms with Crippen LogP contribution in [0.2, 0.25) is 0 Å². The first kappa shape index (κ1) is 26.0. The molecule has 5 rings (SSSR count). The maximum absolute atomic E-state index is 13.9. The third-order valence-electron chi connectivity index (χ3n) is 7.88. The third-order valence-corrected chi connectivity index (χ3v) is 7.88. The molecule has 0 aliphatic heterocycles. The Balaban J connectivity index is 1.15. The van der Waals surface area contributed by atoms with Crippen LogP contribution in [-0.4, -0.2) is 32.6 Å².